The van der Waals surface area contributed by atoms with E-state index < -0.39 is 30.4 Å². The van der Waals surface area contributed by atoms with Crippen LogP contribution in [0.5, 0.6) is 0 Å². The molecule has 1 fully saturated rings. The molecule has 100 valence electrons. The van der Waals surface area contributed by atoms with E-state index in [-0.39, 0.29) is 0 Å². The number of aliphatic hydroxyl groups excluding tert-OH is 1. The van der Waals surface area contributed by atoms with Crippen LogP contribution < -0.4 is 5.32 Å². The van der Waals surface area contributed by atoms with Crippen molar-refractivity contribution in [1.29, 1.82) is 0 Å². The number of hydrogen-bond donors (Lipinski definition) is 2. The molecule has 0 radical (unpaired) electrons. The Labute approximate surface area is 96.2 Å². The third kappa shape index (κ3) is 3.55. The monoisotopic (exact) mass is 257 g/mol. The van der Waals surface area contributed by atoms with Crippen molar-refractivity contribution in [3.05, 3.63) is 0 Å². The number of rotatable bonds is 3. The number of halogens is 4. The van der Waals surface area contributed by atoms with E-state index in [0.29, 0.717) is 19.3 Å². The number of carbonyl (C=O) groups excluding carboxylic acids is 1. The normalized spacial score (nSPS) is 26.7. The van der Waals surface area contributed by atoms with Gasteiger partial charge in [-0.05, 0) is 12.8 Å². The lowest BCUT2D eigenvalue weighted by molar-refractivity contribution is -0.170. The second-order valence-electron chi connectivity index (χ2n) is 4.21. The molecule has 1 aliphatic rings. The van der Waals surface area contributed by atoms with Crippen LogP contribution in [-0.4, -0.2) is 35.5 Å². The van der Waals surface area contributed by atoms with E-state index in [4.69, 9.17) is 0 Å². The summed E-state index contributed by atoms with van der Waals surface area (Å²) in [5, 5.41) is 11.4. The van der Waals surface area contributed by atoms with Gasteiger partial charge in [0.25, 0.3) is 5.91 Å². The average Bonchev–Trinajstić information content (AvgIpc) is 2.44. The summed E-state index contributed by atoms with van der Waals surface area (Å²) in [6.07, 6.45) is -2.05. The predicted octanol–water partition coefficient (Wildman–Crippen LogP) is 1.70. The molecule has 0 heterocycles. The minimum absolute atomic E-state index is 0.326. The summed E-state index contributed by atoms with van der Waals surface area (Å²) in [5.74, 6) is -6.72. The van der Waals surface area contributed by atoms with Crippen molar-refractivity contribution in [2.24, 2.45) is 0 Å². The molecular formula is C10H15F4NO2. The average molecular weight is 257 g/mol. The van der Waals surface area contributed by atoms with Crippen LogP contribution in [0.1, 0.15) is 32.1 Å². The van der Waals surface area contributed by atoms with Crippen LogP contribution >= 0.6 is 0 Å². The molecule has 1 amide bonds. The highest BCUT2D eigenvalue weighted by atomic mass is 19.3. The zero-order valence-corrected chi connectivity index (χ0v) is 9.13. The Morgan fingerprint density at radius 2 is 1.82 bits per heavy atom. The number of amides is 1. The molecule has 1 rings (SSSR count). The number of nitrogens with one attached hydrogen (secondary N) is 1. The lowest BCUT2D eigenvalue weighted by Crippen LogP contribution is -2.52. The minimum atomic E-state index is -4.70. The van der Waals surface area contributed by atoms with Crippen molar-refractivity contribution in [3.63, 3.8) is 0 Å². The molecule has 0 aromatic heterocycles. The number of carbonyl (C=O) groups is 1. The van der Waals surface area contributed by atoms with E-state index >= 15 is 0 Å². The van der Waals surface area contributed by atoms with Crippen molar-refractivity contribution in [1.82, 2.24) is 5.32 Å². The largest absolute Gasteiger partial charge is 0.391 e. The number of aliphatic hydroxyl groups is 1. The fourth-order valence-corrected chi connectivity index (χ4v) is 1.82. The van der Waals surface area contributed by atoms with E-state index in [0.717, 1.165) is 12.8 Å². The van der Waals surface area contributed by atoms with Gasteiger partial charge in [0.05, 0.1) is 12.1 Å². The Kier molecular flexibility index (Phi) is 4.73. The molecule has 7 heteroatoms. The third-order valence-electron chi connectivity index (χ3n) is 2.87. The topological polar surface area (TPSA) is 49.3 Å². The standard InChI is InChI=1S/C10H15F4NO2/c11-8(12)10(13,14)9(17)15-6-4-2-1-3-5-7(6)16/h6-8,16H,1-5H2,(H,15,17). The van der Waals surface area contributed by atoms with Crippen LogP contribution in [-0.2, 0) is 4.79 Å². The Morgan fingerprint density at radius 1 is 1.24 bits per heavy atom. The molecule has 1 aliphatic carbocycles. The molecule has 0 saturated heterocycles. The SMILES string of the molecule is O=C(NC1CCCCCC1O)C(F)(F)C(F)F. The zero-order chi connectivity index (χ0) is 13.1. The molecule has 1 saturated carbocycles. The predicted molar refractivity (Wildman–Crippen MR) is 52.0 cm³/mol. The summed E-state index contributed by atoms with van der Waals surface area (Å²) < 4.78 is 49.2. The van der Waals surface area contributed by atoms with Gasteiger partial charge >= 0.3 is 12.3 Å². The van der Waals surface area contributed by atoms with Crippen LogP contribution in [0.3, 0.4) is 0 Å². The van der Waals surface area contributed by atoms with Crippen molar-refractivity contribution >= 4 is 5.91 Å². The third-order valence-corrected chi connectivity index (χ3v) is 2.87. The highest BCUT2D eigenvalue weighted by Gasteiger charge is 2.49. The fourth-order valence-electron chi connectivity index (χ4n) is 1.82. The second kappa shape index (κ2) is 5.66. The van der Waals surface area contributed by atoms with Crippen molar-refractivity contribution < 1.29 is 27.5 Å². The molecule has 0 aromatic rings. The lowest BCUT2D eigenvalue weighted by Gasteiger charge is -2.24. The fraction of sp³-hybridized carbons (Fsp3) is 0.900. The minimum Gasteiger partial charge on any atom is -0.391 e. The first-order valence-corrected chi connectivity index (χ1v) is 5.50. The van der Waals surface area contributed by atoms with E-state index in [9.17, 15) is 27.5 Å². The molecule has 0 bridgehead atoms. The highest BCUT2D eigenvalue weighted by Crippen LogP contribution is 2.24. The van der Waals surface area contributed by atoms with Gasteiger partial charge in [0.1, 0.15) is 0 Å². The van der Waals surface area contributed by atoms with Gasteiger partial charge in [-0.1, -0.05) is 19.3 Å². The van der Waals surface area contributed by atoms with Crippen LogP contribution in [0.25, 0.3) is 0 Å². The Hall–Kier alpha value is -0.850. The molecule has 3 nitrogen and oxygen atoms in total. The molecule has 2 unspecified atom stereocenters. The first kappa shape index (κ1) is 14.2. The van der Waals surface area contributed by atoms with Gasteiger partial charge < -0.3 is 10.4 Å². The number of hydrogen-bond acceptors (Lipinski definition) is 2. The van der Waals surface area contributed by atoms with Crippen molar-refractivity contribution in [2.75, 3.05) is 0 Å². The molecular weight excluding hydrogens is 242 g/mol. The van der Waals surface area contributed by atoms with Gasteiger partial charge in [0, 0.05) is 0 Å². The van der Waals surface area contributed by atoms with Crippen LogP contribution in [0.15, 0.2) is 0 Å². The molecule has 0 aromatic carbocycles. The van der Waals surface area contributed by atoms with Gasteiger partial charge in [0.2, 0.25) is 0 Å². The molecule has 0 aliphatic heterocycles. The Morgan fingerprint density at radius 3 is 2.41 bits per heavy atom. The second-order valence-corrected chi connectivity index (χ2v) is 4.21. The maximum absolute atomic E-state index is 12.7. The maximum atomic E-state index is 12.7. The summed E-state index contributed by atoms with van der Waals surface area (Å²) in [6.45, 7) is 0. The number of alkyl halides is 4. The van der Waals surface area contributed by atoms with Gasteiger partial charge in [-0.15, -0.1) is 0 Å². The van der Waals surface area contributed by atoms with E-state index in [2.05, 4.69) is 0 Å². The molecule has 2 N–H and O–H groups in total. The highest BCUT2D eigenvalue weighted by molar-refractivity contribution is 5.84. The summed E-state index contributed by atoms with van der Waals surface area (Å²) in [5.41, 5.74) is 0. The molecule has 17 heavy (non-hydrogen) atoms. The zero-order valence-electron chi connectivity index (χ0n) is 9.13. The summed E-state index contributed by atoms with van der Waals surface area (Å²) >= 11 is 0. The Balaban J connectivity index is 2.60. The van der Waals surface area contributed by atoms with Crippen LogP contribution in [0.2, 0.25) is 0 Å². The van der Waals surface area contributed by atoms with Gasteiger partial charge in [-0.2, -0.15) is 8.78 Å². The van der Waals surface area contributed by atoms with Crippen molar-refractivity contribution in [3.8, 4) is 0 Å². The van der Waals surface area contributed by atoms with Crippen LogP contribution in [0, 0.1) is 0 Å². The first-order chi connectivity index (χ1) is 7.85. The lowest BCUT2D eigenvalue weighted by atomic mass is 10.1. The molecule has 2 atom stereocenters. The van der Waals surface area contributed by atoms with Gasteiger partial charge in [-0.3, -0.25) is 4.79 Å². The smallest absolute Gasteiger partial charge is 0.383 e. The van der Waals surface area contributed by atoms with Gasteiger partial charge in [-0.25, -0.2) is 8.78 Å². The summed E-state index contributed by atoms with van der Waals surface area (Å²) in [7, 11) is 0. The van der Waals surface area contributed by atoms with Crippen LogP contribution in [0.4, 0.5) is 17.6 Å². The first-order valence-electron chi connectivity index (χ1n) is 5.50. The van der Waals surface area contributed by atoms with E-state index in [1.165, 1.54) is 0 Å². The van der Waals surface area contributed by atoms with Gasteiger partial charge in [0.15, 0.2) is 0 Å². The molecule has 0 spiro atoms. The van der Waals surface area contributed by atoms with Crippen molar-refractivity contribution in [2.45, 2.75) is 56.6 Å². The Bertz CT molecular complexity index is 273. The quantitative estimate of drug-likeness (QED) is 0.597. The summed E-state index contributed by atoms with van der Waals surface area (Å²) in [6, 6.07) is -0.866. The maximum Gasteiger partial charge on any atom is 0.383 e. The van der Waals surface area contributed by atoms with E-state index in [1.54, 1.807) is 0 Å². The van der Waals surface area contributed by atoms with E-state index in [1.807, 2.05) is 5.32 Å². The summed E-state index contributed by atoms with van der Waals surface area (Å²) in [4.78, 5) is 11.0.